The summed E-state index contributed by atoms with van der Waals surface area (Å²) in [6.45, 7) is 1.55. The average Bonchev–Trinajstić information content (AvgIpc) is 2.20. The zero-order chi connectivity index (χ0) is 13.8. The molecule has 1 amide bonds. The van der Waals surface area contributed by atoms with Crippen molar-refractivity contribution in [2.45, 2.75) is 26.1 Å². The highest BCUT2D eigenvalue weighted by molar-refractivity contribution is 5.91. The van der Waals surface area contributed by atoms with E-state index in [9.17, 15) is 22.9 Å². The lowest BCUT2D eigenvalue weighted by Crippen LogP contribution is -2.21. The lowest BCUT2D eigenvalue weighted by atomic mass is 10.1. The normalized spacial score (nSPS) is 11.1. The van der Waals surface area contributed by atoms with E-state index in [1.54, 1.807) is 19.1 Å². The first-order valence-electron chi connectivity index (χ1n) is 5.07. The number of carbonyl (C=O) groups excluding carboxylic acids is 1. The summed E-state index contributed by atoms with van der Waals surface area (Å²) in [7, 11) is 0. The van der Waals surface area contributed by atoms with Crippen LogP contribution in [-0.2, 0) is 11.3 Å². The quantitative estimate of drug-likeness (QED) is 0.845. The molecular formula is C11H11F3N2O2. The first-order chi connectivity index (χ1) is 8.31. The lowest BCUT2D eigenvalue weighted by molar-refractivity contribution is -0.150. The SMILES string of the molecule is Cc1ccc(CN=O)cc1NC(=O)CC(F)(F)F. The van der Waals surface area contributed by atoms with Crippen molar-refractivity contribution in [3.63, 3.8) is 0 Å². The first kappa shape index (κ1) is 14.1. The summed E-state index contributed by atoms with van der Waals surface area (Å²) in [6, 6.07) is 4.66. The summed E-state index contributed by atoms with van der Waals surface area (Å²) in [5.74, 6) is -1.14. The molecule has 0 aliphatic rings. The summed E-state index contributed by atoms with van der Waals surface area (Å²) in [6.07, 6.45) is -6.08. The van der Waals surface area contributed by atoms with Gasteiger partial charge in [0.2, 0.25) is 5.91 Å². The zero-order valence-corrected chi connectivity index (χ0v) is 9.54. The van der Waals surface area contributed by atoms with Crippen molar-refractivity contribution in [1.82, 2.24) is 0 Å². The Morgan fingerprint density at radius 2 is 2.06 bits per heavy atom. The summed E-state index contributed by atoms with van der Waals surface area (Å²) in [4.78, 5) is 21.2. The molecule has 0 bridgehead atoms. The smallest absolute Gasteiger partial charge is 0.326 e. The molecule has 0 fully saturated rings. The van der Waals surface area contributed by atoms with Crippen molar-refractivity contribution >= 4 is 11.6 Å². The van der Waals surface area contributed by atoms with Gasteiger partial charge in [-0.3, -0.25) is 4.79 Å². The molecule has 0 saturated heterocycles. The number of nitrogens with one attached hydrogen (secondary N) is 1. The van der Waals surface area contributed by atoms with Gasteiger partial charge >= 0.3 is 6.18 Å². The molecule has 0 aliphatic carbocycles. The van der Waals surface area contributed by atoms with Gasteiger partial charge in [-0.1, -0.05) is 17.3 Å². The third-order valence-electron chi connectivity index (χ3n) is 2.18. The second-order valence-corrected chi connectivity index (χ2v) is 3.78. The monoisotopic (exact) mass is 260 g/mol. The number of rotatable bonds is 4. The van der Waals surface area contributed by atoms with E-state index in [2.05, 4.69) is 10.5 Å². The Labute approximate surface area is 101 Å². The van der Waals surface area contributed by atoms with Crippen molar-refractivity contribution < 1.29 is 18.0 Å². The second kappa shape index (κ2) is 5.61. The number of anilines is 1. The van der Waals surface area contributed by atoms with Crippen LogP contribution < -0.4 is 5.32 Å². The van der Waals surface area contributed by atoms with Gasteiger partial charge in [0.15, 0.2) is 0 Å². The molecule has 0 saturated carbocycles. The number of hydrogen-bond acceptors (Lipinski definition) is 3. The Morgan fingerprint density at radius 3 is 2.61 bits per heavy atom. The van der Waals surface area contributed by atoms with Crippen LogP contribution in [0.25, 0.3) is 0 Å². The molecule has 0 radical (unpaired) electrons. The van der Waals surface area contributed by atoms with E-state index in [0.717, 1.165) is 0 Å². The van der Waals surface area contributed by atoms with E-state index in [1.165, 1.54) is 6.07 Å². The van der Waals surface area contributed by atoms with E-state index < -0.39 is 18.5 Å². The molecule has 0 aromatic heterocycles. The van der Waals surface area contributed by atoms with Crippen LogP contribution in [-0.4, -0.2) is 12.1 Å². The third-order valence-corrected chi connectivity index (χ3v) is 2.18. The van der Waals surface area contributed by atoms with E-state index in [0.29, 0.717) is 11.1 Å². The Kier molecular flexibility index (Phi) is 4.41. The number of nitrogens with zero attached hydrogens (tertiary/aromatic N) is 1. The minimum atomic E-state index is -4.54. The summed E-state index contributed by atoms with van der Waals surface area (Å²) in [5, 5.41) is 4.84. The number of nitroso groups, excluding NO2 is 1. The highest BCUT2D eigenvalue weighted by Gasteiger charge is 2.31. The lowest BCUT2D eigenvalue weighted by Gasteiger charge is -2.11. The van der Waals surface area contributed by atoms with Gasteiger partial charge in [-0.05, 0) is 24.1 Å². The molecule has 0 atom stereocenters. The van der Waals surface area contributed by atoms with Crippen molar-refractivity contribution in [2.24, 2.45) is 5.18 Å². The predicted octanol–water partition coefficient (Wildman–Crippen LogP) is 3.15. The van der Waals surface area contributed by atoms with Crippen LogP contribution in [0.4, 0.5) is 18.9 Å². The fourth-order valence-corrected chi connectivity index (χ4v) is 1.35. The summed E-state index contributed by atoms with van der Waals surface area (Å²) < 4.78 is 36.0. The molecule has 0 aliphatic heterocycles. The molecule has 0 unspecified atom stereocenters. The number of benzene rings is 1. The minimum Gasteiger partial charge on any atom is -0.326 e. The van der Waals surface area contributed by atoms with Crippen LogP contribution in [0.1, 0.15) is 17.5 Å². The van der Waals surface area contributed by atoms with Crippen molar-refractivity contribution in [1.29, 1.82) is 0 Å². The molecule has 1 aromatic rings. The van der Waals surface area contributed by atoms with Crippen LogP contribution >= 0.6 is 0 Å². The first-order valence-corrected chi connectivity index (χ1v) is 5.07. The van der Waals surface area contributed by atoms with Crippen LogP contribution in [0.5, 0.6) is 0 Å². The van der Waals surface area contributed by atoms with Gasteiger partial charge in [0.05, 0.1) is 0 Å². The number of aryl methyl sites for hydroxylation is 1. The summed E-state index contributed by atoms with van der Waals surface area (Å²) >= 11 is 0. The van der Waals surface area contributed by atoms with E-state index in [4.69, 9.17) is 0 Å². The molecule has 7 heteroatoms. The standard InChI is InChI=1S/C11H11F3N2O2/c1-7-2-3-8(6-15-18)4-9(7)16-10(17)5-11(12,13)14/h2-4H,5-6H2,1H3,(H,16,17). The third kappa shape index (κ3) is 4.52. The molecular weight excluding hydrogens is 249 g/mol. The van der Waals surface area contributed by atoms with Crippen molar-refractivity contribution in [3.8, 4) is 0 Å². The van der Waals surface area contributed by atoms with E-state index in [-0.39, 0.29) is 12.2 Å². The Balaban J connectivity index is 2.80. The van der Waals surface area contributed by atoms with Gasteiger partial charge in [0, 0.05) is 5.69 Å². The van der Waals surface area contributed by atoms with Gasteiger partial charge in [0.25, 0.3) is 0 Å². The molecule has 0 spiro atoms. The predicted molar refractivity (Wildman–Crippen MR) is 60.0 cm³/mol. The van der Waals surface area contributed by atoms with Crippen molar-refractivity contribution in [2.75, 3.05) is 5.32 Å². The maximum Gasteiger partial charge on any atom is 0.397 e. The second-order valence-electron chi connectivity index (χ2n) is 3.78. The fourth-order valence-electron chi connectivity index (χ4n) is 1.35. The largest absolute Gasteiger partial charge is 0.397 e. The van der Waals surface area contributed by atoms with Crippen LogP contribution in [0.15, 0.2) is 23.4 Å². The summed E-state index contributed by atoms with van der Waals surface area (Å²) in [5.41, 5.74) is 1.39. The molecule has 0 heterocycles. The van der Waals surface area contributed by atoms with Crippen LogP contribution in [0.2, 0.25) is 0 Å². The molecule has 1 N–H and O–H groups in total. The van der Waals surface area contributed by atoms with E-state index >= 15 is 0 Å². The average molecular weight is 260 g/mol. The Bertz CT molecular complexity index is 458. The zero-order valence-electron chi connectivity index (χ0n) is 9.54. The number of halogens is 3. The molecule has 18 heavy (non-hydrogen) atoms. The highest BCUT2D eigenvalue weighted by Crippen LogP contribution is 2.22. The molecule has 1 aromatic carbocycles. The fraction of sp³-hybridized carbons (Fsp3) is 0.364. The number of carbonyl (C=O) groups is 1. The maximum absolute atomic E-state index is 12.0. The maximum atomic E-state index is 12.0. The number of hydrogen-bond donors (Lipinski definition) is 1. The number of amides is 1. The number of alkyl halides is 3. The molecule has 1 rings (SSSR count). The van der Waals surface area contributed by atoms with E-state index in [1.807, 2.05) is 0 Å². The molecule has 4 nitrogen and oxygen atoms in total. The van der Waals surface area contributed by atoms with Gasteiger partial charge in [-0.2, -0.15) is 18.1 Å². The Morgan fingerprint density at radius 1 is 1.39 bits per heavy atom. The molecule has 98 valence electrons. The minimum absolute atomic E-state index is 0.0948. The van der Waals surface area contributed by atoms with Gasteiger partial charge in [-0.15, -0.1) is 0 Å². The Hall–Kier alpha value is -1.92. The van der Waals surface area contributed by atoms with Gasteiger partial charge in [-0.25, -0.2) is 0 Å². The highest BCUT2D eigenvalue weighted by atomic mass is 19.4. The van der Waals surface area contributed by atoms with Crippen LogP contribution in [0, 0.1) is 11.8 Å². The van der Waals surface area contributed by atoms with Gasteiger partial charge < -0.3 is 5.32 Å². The van der Waals surface area contributed by atoms with Crippen molar-refractivity contribution in [3.05, 3.63) is 34.2 Å². The van der Waals surface area contributed by atoms with Crippen LogP contribution in [0.3, 0.4) is 0 Å². The topological polar surface area (TPSA) is 58.5 Å². The van der Waals surface area contributed by atoms with Gasteiger partial charge in [0.1, 0.15) is 13.0 Å².